The topological polar surface area (TPSA) is 49.8 Å². The normalized spacial score (nSPS) is 41.2. The van der Waals surface area contributed by atoms with Gasteiger partial charge in [0, 0.05) is 29.0 Å². The van der Waals surface area contributed by atoms with Crippen LogP contribution in [0.1, 0.15) is 51.2 Å². The molecule has 2 bridgehead atoms. The molecule has 1 N–H and O–H groups in total. The van der Waals surface area contributed by atoms with Crippen molar-refractivity contribution in [1.82, 2.24) is 4.90 Å². The van der Waals surface area contributed by atoms with E-state index in [4.69, 9.17) is 4.74 Å². The van der Waals surface area contributed by atoms with Gasteiger partial charge in [-0.05, 0) is 61.6 Å². The summed E-state index contributed by atoms with van der Waals surface area (Å²) in [4.78, 5) is 16.3. The molecule has 5 aliphatic rings. The molecule has 6 rings (SSSR count). The number of hydrogen-bond donors (Lipinski definition) is 1. The summed E-state index contributed by atoms with van der Waals surface area (Å²) in [5.74, 6) is 2.63. The van der Waals surface area contributed by atoms with Gasteiger partial charge in [0.2, 0.25) is 0 Å². The second kappa shape index (κ2) is 4.89. The van der Waals surface area contributed by atoms with Gasteiger partial charge in [-0.2, -0.15) is 0 Å². The minimum Gasteiger partial charge on any atom is -0.504 e. The number of Topliss-reactive ketones (excluding diaryl/α,β-unsaturated/α-hetero) is 1. The number of phenolic OH excluding ortho intramolecular Hbond substituents is 1. The van der Waals surface area contributed by atoms with Gasteiger partial charge in [0.15, 0.2) is 23.4 Å². The van der Waals surface area contributed by atoms with Gasteiger partial charge in [0.1, 0.15) is 0 Å². The SMILES string of the molecule is CC1[C@H]2[C@H]3Cc4ccc(O)c5c4[C@@]2(CCN3CC2CC2)C(O5)C(=O)C1(C)C. The molecule has 27 heavy (non-hydrogen) atoms. The van der Waals surface area contributed by atoms with Crippen molar-refractivity contribution in [3.63, 3.8) is 0 Å². The first-order chi connectivity index (χ1) is 12.9. The van der Waals surface area contributed by atoms with Crippen molar-refractivity contribution in [1.29, 1.82) is 0 Å². The molecule has 144 valence electrons. The number of ketones is 1. The van der Waals surface area contributed by atoms with E-state index in [0.717, 1.165) is 25.3 Å². The van der Waals surface area contributed by atoms with Crippen molar-refractivity contribution in [2.75, 3.05) is 13.1 Å². The van der Waals surface area contributed by atoms with E-state index in [1.54, 1.807) is 6.07 Å². The fraction of sp³-hybridized carbons (Fsp3) is 0.696. The summed E-state index contributed by atoms with van der Waals surface area (Å²) in [5.41, 5.74) is 1.84. The number of likely N-dealkylation sites (tertiary alicyclic amines) is 1. The minimum atomic E-state index is -0.429. The average Bonchev–Trinajstić information content (AvgIpc) is 3.38. The number of nitrogens with zero attached hydrogens (tertiary/aromatic N) is 1. The highest BCUT2D eigenvalue weighted by Crippen LogP contribution is 2.66. The molecular weight excluding hydrogens is 338 g/mol. The number of carbonyl (C=O) groups is 1. The van der Waals surface area contributed by atoms with Crippen LogP contribution in [0, 0.1) is 23.2 Å². The van der Waals surface area contributed by atoms with Crippen LogP contribution in [-0.2, 0) is 16.6 Å². The van der Waals surface area contributed by atoms with Crippen LogP contribution >= 0.6 is 0 Å². The second-order valence-corrected chi connectivity index (χ2v) is 10.3. The Bertz CT molecular complexity index is 857. The number of phenols is 1. The molecule has 2 heterocycles. The molecule has 1 aromatic carbocycles. The van der Waals surface area contributed by atoms with Crippen molar-refractivity contribution in [3.05, 3.63) is 23.3 Å². The summed E-state index contributed by atoms with van der Waals surface area (Å²) in [5, 5.41) is 10.5. The smallest absolute Gasteiger partial charge is 0.180 e. The molecule has 5 atom stereocenters. The molecule has 0 amide bonds. The highest BCUT2D eigenvalue weighted by Gasteiger charge is 2.71. The van der Waals surface area contributed by atoms with Crippen LogP contribution in [0.2, 0.25) is 0 Å². The van der Waals surface area contributed by atoms with E-state index in [2.05, 4.69) is 31.7 Å². The monoisotopic (exact) mass is 367 g/mol. The van der Waals surface area contributed by atoms with Crippen molar-refractivity contribution in [2.24, 2.45) is 23.2 Å². The number of hydrogen-bond acceptors (Lipinski definition) is 4. The summed E-state index contributed by atoms with van der Waals surface area (Å²) >= 11 is 0. The van der Waals surface area contributed by atoms with Crippen LogP contribution in [0.25, 0.3) is 0 Å². The van der Waals surface area contributed by atoms with Crippen LogP contribution in [0.3, 0.4) is 0 Å². The molecule has 2 unspecified atom stereocenters. The van der Waals surface area contributed by atoms with Crippen molar-refractivity contribution >= 4 is 5.78 Å². The Hall–Kier alpha value is -1.55. The highest BCUT2D eigenvalue weighted by molar-refractivity contribution is 5.93. The van der Waals surface area contributed by atoms with Gasteiger partial charge in [0.05, 0.1) is 0 Å². The first-order valence-electron chi connectivity index (χ1n) is 10.7. The molecule has 2 aliphatic heterocycles. The van der Waals surface area contributed by atoms with Gasteiger partial charge >= 0.3 is 0 Å². The lowest BCUT2D eigenvalue weighted by Crippen LogP contribution is -2.71. The lowest BCUT2D eigenvalue weighted by Gasteiger charge is -2.62. The molecule has 4 nitrogen and oxygen atoms in total. The summed E-state index contributed by atoms with van der Waals surface area (Å²) in [6.07, 6.45) is 4.31. The minimum absolute atomic E-state index is 0.202. The molecule has 0 aromatic heterocycles. The Morgan fingerprint density at radius 2 is 2.07 bits per heavy atom. The molecule has 1 aromatic rings. The van der Waals surface area contributed by atoms with Crippen molar-refractivity contribution in [2.45, 2.75) is 64.0 Å². The summed E-state index contributed by atoms with van der Waals surface area (Å²) in [7, 11) is 0. The number of benzene rings is 1. The quantitative estimate of drug-likeness (QED) is 0.871. The Morgan fingerprint density at radius 1 is 1.30 bits per heavy atom. The Morgan fingerprint density at radius 3 is 2.81 bits per heavy atom. The molecule has 2 saturated carbocycles. The molecule has 3 fully saturated rings. The van der Waals surface area contributed by atoms with Gasteiger partial charge in [-0.1, -0.05) is 26.8 Å². The zero-order valence-corrected chi connectivity index (χ0v) is 16.5. The molecule has 0 radical (unpaired) electrons. The molecule has 1 spiro atoms. The van der Waals surface area contributed by atoms with Gasteiger partial charge in [0.25, 0.3) is 0 Å². The van der Waals surface area contributed by atoms with Crippen LogP contribution in [0.15, 0.2) is 12.1 Å². The zero-order valence-electron chi connectivity index (χ0n) is 16.5. The first kappa shape index (κ1) is 16.4. The third-order valence-electron chi connectivity index (χ3n) is 8.85. The predicted molar refractivity (Wildman–Crippen MR) is 102 cm³/mol. The Kier molecular flexibility index (Phi) is 2.97. The standard InChI is InChI=1S/C23H29NO3/c1-12-17-15-10-14-6-7-16(25)19-18(14)23(17,8-9-24(15)11-13-4-5-13)21(27-19)20(26)22(12,2)3/h6-7,12-13,15,17,21,25H,4-5,8-11H2,1-3H3/t12?,15-,17+,21?,23+/m1/s1. The van der Waals surface area contributed by atoms with E-state index in [1.165, 1.54) is 30.5 Å². The molecule has 3 aliphatic carbocycles. The maximum atomic E-state index is 13.5. The van der Waals surface area contributed by atoms with Gasteiger partial charge in [-0.15, -0.1) is 0 Å². The fourth-order valence-electron chi connectivity index (χ4n) is 7.01. The third-order valence-corrected chi connectivity index (χ3v) is 8.85. The average molecular weight is 367 g/mol. The number of carbonyl (C=O) groups excluding carboxylic acids is 1. The molecular formula is C23H29NO3. The van der Waals surface area contributed by atoms with E-state index in [0.29, 0.717) is 23.6 Å². The van der Waals surface area contributed by atoms with E-state index in [1.807, 2.05) is 0 Å². The number of ether oxygens (including phenoxy) is 1. The summed E-state index contributed by atoms with van der Waals surface area (Å²) < 4.78 is 6.32. The zero-order chi connectivity index (χ0) is 18.7. The molecule has 4 heteroatoms. The van der Waals surface area contributed by atoms with Crippen molar-refractivity contribution in [3.8, 4) is 11.5 Å². The van der Waals surface area contributed by atoms with Crippen LogP contribution < -0.4 is 4.74 Å². The number of aromatic hydroxyl groups is 1. The summed E-state index contributed by atoms with van der Waals surface area (Å²) in [6, 6.07) is 4.33. The van der Waals surface area contributed by atoms with Crippen LogP contribution in [0.4, 0.5) is 0 Å². The highest BCUT2D eigenvalue weighted by atomic mass is 16.5. The number of piperidine rings is 1. The van der Waals surface area contributed by atoms with E-state index in [-0.39, 0.29) is 16.9 Å². The third kappa shape index (κ3) is 1.81. The fourth-order valence-corrected chi connectivity index (χ4v) is 7.01. The van der Waals surface area contributed by atoms with Crippen LogP contribution in [0.5, 0.6) is 11.5 Å². The largest absolute Gasteiger partial charge is 0.504 e. The molecule has 1 saturated heterocycles. The maximum absolute atomic E-state index is 13.5. The van der Waals surface area contributed by atoms with Gasteiger partial charge < -0.3 is 9.84 Å². The van der Waals surface area contributed by atoms with E-state index < -0.39 is 11.5 Å². The predicted octanol–water partition coefficient (Wildman–Crippen LogP) is 3.29. The maximum Gasteiger partial charge on any atom is 0.180 e. The lowest BCUT2D eigenvalue weighted by atomic mass is 9.44. The van der Waals surface area contributed by atoms with Crippen molar-refractivity contribution < 1.29 is 14.6 Å². The summed E-state index contributed by atoms with van der Waals surface area (Å²) in [6.45, 7) is 8.77. The first-order valence-corrected chi connectivity index (χ1v) is 10.7. The lowest BCUT2D eigenvalue weighted by molar-refractivity contribution is -0.163. The Balaban J connectivity index is 1.58. The van der Waals surface area contributed by atoms with Gasteiger partial charge in [-0.25, -0.2) is 0 Å². The second-order valence-electron chi connectivity index (χ2n) is 10.3. The van der Waals surface area contributed by atoms with E-state index in [9.17, 15) is 9.90 Å². The van der Waals surface area contributed by atoms with Gasteiger partial charge in [-0.3, -0.25) is 9.69 Å². The Labute approximate surface area is 160 Å². The number of rotatable bonds is 2. The van der Waals surface area contributed by atoms with E-state index >= 15 is 0 Å². The van der Waals surface area contributed by atoms with Crippen LogP contribution in [-0.4, -0.2) is 41.0 Å².